The van der Waals surface area contributed by atoms with Gasteiger partial charge in [0.1, 0.15) is 5.75 Å². The minimum Gasteiger partial charge on any atom is -0.491 e. The molecule has 0 saturated heterocycles. The summed E-state index contributed by atoms with van der Waals surface area (Å²) in [6.45, 7) is 4.08. The fourth-order valence-corrected chi connectivity index (χ4v) is 1.92. The molecule has 1 aromatic carbocycles. The Balaban J connectivity index is 2.09. The monoisotopic (exact) mass is 205 g/mol. The number of aryl methyl sites for hydroxylation is 1. The van der Waals surface area contributed by atoms with Crippen molar-refractivity contribution in [1.82, 2.24) is 0 Å². The van der Waals surface area contributed by atoms with Gasteiger partial charge in [0.2, 0.25) is 0 Å². The molecule has 15 heavy (non-hydrogen) atoms. The number of benzene rings is 1. The van der Waals surface area contributed by atoms with Gasteiger partial charge in [-0.25, -0.2) is 0 Å². The van der Waals surface area contributed by atoms with Gasteiger partial charge in [0.05, 0.1) is 12.3 Å². The van der Waals surface area contributed by atoms with Crippen molar-refractivity contribution in [3.8, 4) is 5.75 Å². The Hall–Kier alpha value is -1.18. The van der Waals surface area contributed by atoms with Crippen LogP contribution in [-0.4, -0.2) is 13.2 Å². The van der Waals surface area contributed by atoms with Gasteiger partial charge in [0.15, 0.2) is 0 Å². The molecule has 2 heteroatoms. The summed E-state index contributed by atoms with van der Waals surface area (Å²) in [5.74, 6) is 1.03. The highest BCUT2D eigenvalue weighted by Gasteiger charge is 2.12. The van der Waals surface area contributed by atoms with Crippen LogP contribution >= 0.6 is 0 Å². The average Bonchev–Trinajstić information content (AvgIpc) is 2.30. The van der Waals surface area contributed by atoms with E-state index >= 15 is 0 Å². The van der Waals surface area contributed by atoms with E-state index in [-0.39, 0.29) is 0 Å². The van der Waals surface area contributed by atoms with E-state index in [9.17, 15) is 0 Å². The number of nitrogens with one attached hydrogen (secondary N) is 1. The van der Waals surface area contributed by atoms with Crippen LogP contribution in [0.25, 0.3) is 0 Å². The molecule has 1 aliphatic rings. The van der Waals surface area contributed by atoms with E-state index < -0.39 is 0 Å². The number of rotatable bonds is 4. The molecule has 0 radical (unpaired) electrons. The minimum absolute atomic E-state index is 0.828. The van der Waals surface area contributed by atoms with Crippen LogP contribution in [0.1, 0.15) is 31.7 Å². The maximum absolute atomic E-state index is 5.78. The summed E-state index contributed by atoms with van der Waals surface area (Å²) in [4.78, 5) is 0. The summed E-state index contributed by atoms with van der Waals surface area (Å²) >= 11 is 0. The first kappa shape index (κ1) is 10.3. The van der Waals surface area contributed by atoms with Crippen molar-refractivity contribution >= 4 is 5.69 Å². The fraction of sp³-hybridized carbons (Fsp3) is 0.538. The lowest BCUT2D eigenvalue weighted by Crippen LogP contribution is -2.13. The Morgan fingerprint density at radius 2 is 2.33 bits per heavy atom. The minimum atomic E-state index is 0.828. The van der Waals surface area contributed by atoms with E-state index in [1.54, 1.807) is 0 Å². The zero-order valence-electron chi connectivity index (χ0n) is 9.38. The summed E-state index contributed by atoms with van der Waals surface area (Å²) in [6.07, 6.45) is 4.71. The third-order valence-corrected chi connectivity index (χ3v) is 2.79. The second-order valence-electron chi connectivity index (χ2n) is 4.02. The fourth-order valence-electron chi connectivity index (χ4n) is 1.92. The lowest BCUT2D eigenvalue weighted by atomic mass is 10.0. The maximum Gasteiger partial charge on any atom is 0.142 e. The van der Waals surface area contributed by atoms with Crippen LogP contribution in [0.15, 0.2) is 18.2 Å². The van der Waals surface area contributed by atoms with Crippen LogP contribution in [0, 0.1) is 0 Å². The normalized spacial score (nSPS) is 14.2. The van der Waals surface area contributed by atoms with E-state index in [2.05, 4.69) is 30.4 Å². The van der Waals surface area contributed by atoms with Crippen LogP contribution in [-0.2, 0) is 6.42 Å². The van der Waals surface area contributed by atoms with E-state index in [4.69, 9.17) is 4.74 Å². The zero-order chi connectivity index (χ0) is 10.5. The topological polar surface area (TPSA) is 21.3 Å². The lowest BCUT2D eigenvalue weighted by molar-refractivity contribution is 0.310. The highest BCUT2D eigenvalue weighted by Crippen LogP contribution is 2.31. The molecule has 1 aromatic rings. The molecule has 0 spiro atoms. The molecule has 0 aliphatic carbocycles. The van der Waals surface area contributed by atoms with Crippen LogP contribution < -0.4 is 10.1 Å². The van der Waals surface area contributed by atoms with Gasteiger partial charge >= 0.3 is 0 Å². The molecule has 1 N–H and O–H groups in total. The van der Waals surface area contributed by atoms with Crippen molar-refractivity contribution in [3.05, 3.63) is 23.8 Å². The summed E-state index contributed by atoms with van der Waals surface area (Å²) in [5, 5.41) is 3.43. The molecule has 0 fully saturated rings. The summed E-state index contributed by atoms with van der Waals surface area (Å²) in [5.41, 5.74) is 2.62. The van der Waals surface area contributed by atoms with Gasteiger partial charge in [0, 0.05) is 6.54 Å². The quantitative estimate of drug-likeness (QED) is 0.762. The molecular formula is C13H19NO. The number of para-hydroxylation sites is 1. The van der Waals surface area contributed by atoms with Crippen molar-refractivity contribution in [1.29, 1.82) is 0 Å². The number of unbranched alkanes of at least 4 members (excludes halogenated alkanes) is 1. The Morgan fingerprint density at radius 3 is 3.20 bits per heavy atom. The van der Waals surface area contributed by atoms with E-state index in [1.807, 2.05) is 0 Å². The van der Waals surface area contributed by atoms with E-state index in [1.165, 1.54) is 30.5 Å². The van der Waals surface area contributed by atoms with Crippen molar-refractivity contribution in [2.24, 2.45) is 0 Å². The van der Waals surface area contributed by atoms with E-state index in [0.717, 1.165) is 25.3 Å². The summed E-state index contributed by atoms with van der Waals surface area (Å²) in [6, 6.07) is 6.34. The van der Waals surface area contributed by atoms with Crippen molar-refractivity contribution < 1.29 is 4.74 Å². The number of fused-ring (bicyclic) bond motifs is 1. The highest BCUT2D eigenvalue weighted by molar-refractivity contribution is 5.63. The van der Waals surface area contributed by atoms with Gasteiger partial charge in [-0.2, -0.15) is 0 Å². The van der Waals surface area contributed by atoms with Gasteiger partial charge in [-0.15, -0.1) is 0 Å². The smallest absolute Gasteiger partial charge is 0.142 e. The average molecular weight is 205 g/mol. The van der Waals surface area contributed by atoms with Crippen LogP contribution in [0.2, 0.25) is 0 Å². The molecule has 0 unspecified atom stereocenters. The van der Waals surface area contributed by atoms with Gasteiger partial charge in [-0.3, -0.25) is 0 Å². The Labute approximate surface area is 91.6 Å². The molecule has 1 heterocycles. The van der Waals surface area contributed by atoms with Gasteiger partial charge < -0.3 is 10.1 Å². The van der Waals surface area contributed by atoms with Crippen molar-refractivity contribution in [2.75, 3.05) is 18.5 Å². The second kappa shape index (κ2) is 5.06. The summed E-state index contributed by atoms with van der Waals surface area (Å²) in [7, 11) is 0. The van der Waals surface area contributed by atoms with Crippen LogP contribution in [0.5, 0.6) is 5.75 Å². The van der Waals surface area contributed by atoms with Gasteiger partial charge in [-0.1, -0.05) is 25.5 Å². The molecule has 0 bridgehead atoms. The van der Waals surface area contributed by atoms with Gasteiger partial charge in [0.25, 0.3) is 0 Å². The molecule has 0 saturated carbocycles. The molecule has 1 aliphatic heterocycles. The maximum atomic E-state index is 5.78. The van der Waals surface area contributed by atoms with Crippen molar-refractivity contribution in [2.45, 2.75) is 32.6 Å². The molecule has 0 atom stereocenters. The molecule has 2 rings (SSSR count). The Kier molecular flexibility index (Phi) is 3.49. The van der Waals surface area contributed by atoms with Crippen LogP contribution in [0.3, 0.4) is 0 Å². The predicted molar refractivity (Wildman–Crippen MR) is 63.7 cm³/mol. The first-order valence-electron chi connectivity index (χ1n) is 5.90. The first-order valence-corrected chi connectivity index (χ1v) is 5.90. The lowest BCUT2D eigenvalue weighted by Gasteiger charge is -2.21. The molecule has 0 amide bonds. The number of anilines is 1. The Morgan fingerprint density at radius 1 is 1.40 bits per heavy atom. The van der Waals surface area contributed by atoms with Gasteiger partial charge in [-0.05, 0) is 30.9 Å². The SMILES string of the molecule is CCCCOc1cccc2c1NCCC2. The molecule has 82 valence electrons. The Bertz CT molecular complexity index is 322. The molecular weight excluding hydrogens is 186 g/mol. The number of hydrogen-bond acceptors (Lipinski definition) is 2. The third-order valence-electron chi connectivity index (χ3n) is 2.79. The largest absolute Gasteiger partial charge is 0.491 e. The number of hydrogen-bond donors (Lipinski definition) is 1. The first-order chi connectivity index (χ1) is 7.42. The predicted octanol–water partition coefficient (Wildman–Crippen LogP) is 3.22. The standard InChI is InChI=1S/C13H19NO/c1-2-3-10-15-12-8-4-6-11-7-5-9-14-13(11)12/h4,6,8,14H,2-3,5,7,9-10H2,1H3. The number of ether oxygens (including phenoxy) is 1. The summed E-state index contributed by atoms with van der Waals surface area (Å²) < 4.78 is 5.78. The van der Waals surface area contributed by atoms with Crippen LogP contribution in [0.4, 0.5) is 5.69 Å². The second-order valence-corrected chi connectivity index (χ2v) is 4.02. The molecule has 0 aromatic heterocycles. The molecule has 2 nitrogen and oxygen atoms in total. The van der Waals surface area contributed by atoms with E-state index in [0.29, 0.717) is 0 Å². The zero-order valence-corrected chi connectivity index (χ0v) is 9.38. The van der Waals surface area contributed by atoms with Crippen molar-refractivity contribution in [3.63, 3.8) is 0 Å². The third kappa shape index (κ3) is 2.44. The highest BCUT2D eigenvalue weighted by atomic mass is 16.5.